The molecule has 0 fully saturated rings. The van der Waals surface area contributed by atoms with Crippen molar-refractivity contribution in [3.05, 3.63) is 53.2 Å². The van der Waals surface area contributed by atoms with Crippen LogP contribution in [0.25, 0.3) is 0 Å². The Kier molecular flexibility index (Phi) is 3.98. The zero-order valence-corrected chi connectivity index (χ0v) is 12.6. The molecule has 0 amide bonds. The first-order valence-electron chi connectivity index (χ1n) is 6.80. The number of hydrogen-bond acceptors (Lipinski definition) is 3. The Hall–Kier alpha value is -2.03. The van der Waals surface area contributed by atoms with Crippen LogP contribution in [-0.2, 0) is 12.0 Å². The summed E-state index contributed by atoms with van der Waals surface area (Å²) in [7, 11) is 0. The second-order valence-electron chi connectivity index (χ2n) is 6.13. The van der Waals surface area contributed by atoms with Crippen LogP contribution in [0.2, 0.25) is 0 Å². The Bertz CT molecular complexity index is 583. The number of nitrogens with zero attached hydrogens (tertiary/aromatic N) is 1. The molecular weight excluding hydrogens is 248 g/mol. The first-order valence-corrected chi connectivity index (χ1v) is 6.80. The fourth-order valence-electron chi connectivity index (χ4n) is 1.93. The summed E-state index contributed by atoms with van der Waals surface area (Å²) in [5.74, 6) is 1.08. The zero-order chi connectivity index (χ0) is 14.8. The molecule has 0 aliphatic heterocycles. The Morgan fingerprint density at radius 1 is 1.15 bits per heavy atom. The highest BCUT2D eigenvalue weighted by molar-refractivity contribution is 5.46. The molecule has 106 valence electrons. The fourth-order valence-corrected chi connectivity index (χ4v) is 1.93. The van der Waals surface area contributed by atoms with Gasteiger partial charge in [-0.05, 0) is 35.1 Å². The number of nitrogen functional groups attached to an aromatic ring is 1. The highest BCUT2D eigenvalue weighted by atomic mass is 16.5. The van der Waals surface area contributed by atoms with Crippen molar-refractivity contribution in [1.82, 2.24) is 4.98 Å². The summed E-state index contributed by atoms with van der Waals surface area (Å²) in [6, 6.07) is 10.4. The van der Waals surface area contributed by atoms with Crippen molar-refractivity contribution >= 4 is 5.82 Å². The van der Waals surface area contributed by atoms with Gasteiger partial charge in [0.05, 0.1) is 0 Å². The van der Waals surface area contributed by atoms with Crippen LogP contribution in [0.4, 0.5) is 5.82 Å². The predicted octanol–water partition coefficient (Wildman–Crippen LogP) is 3.85. The number of nitrogens with two attached hydrogens (primary N) is 1. The summed E-state index contributed by atoms with van der Waals surface area (Å²) in [4.78, 5) is 4.09. The van der Waals surface area contributed by atoms with Gasteiger partial charge in [-0.2, -0.15) is 0 Å². The van der Waals surface area contributed by atoms with E-state index in [0.29, 0.717) is 18.2 Å². The van der Waals surface area contributed by atoms with Crippen LogP contribution in [-0.4, -0.2) is 4.98 Å². The first-order chi connectivity index (χ1) is 9.36. The van der Waals surface area contributed by atoms with Crippen molar-refractivity contribution < 1.29 is 4.74 Å². The monoisotopic (exact) mass is 270 g/mol. The minimum absolute atomic E-state index is 0.171. The molecule has 0 aliphatic rings. The molecule has 2 aromatic rings. The molecule has 0 unspecified atom stereocenters. The summed E-state index contributed by atoms with van der Waals surface area (Å²) in [6.07, 6.45) is 1.74. The van der Waals surface area contributed by atoms with Gasteiger partial charge in [-0.15, -0.1) is 0 Å². The smallest absolute Gasteiger partial charge is 0.166 e. The molecule has 1 aromatic carbocycles. The quantitative estimate of drug-likeness (QED) is 0.921. The second-order valence-corrected chi connectivity index (χ2v) is 6.13. The molecular formula is C17H22N2O. The lowest BCUT2D eigenvalue weighted by molar-refractivity contribution is 0.306. The lowest BCUT2D eigenvalue weighted by Gasteiger charge is -2.19. The van der Waals surface area contributed by atoms with E-state index in [1.807, 2.05) is 13.0 Å². The highest BCUT2D eigenvalue weighted by Crippen LogP contribution is 2.24. The Morgan fingerprint density at radius 3 is 2.40 bits per heavy atom. The van der Waals surface area contributed by atoms with Gasteiger partial charge in [-0.3, -0.25) is 0 Å². The number of pyridine rings is 1. The Morgan fingerprint density at radius 2 is 1.80 bits per heavy atom. The van der Waals surface area contributed by atoms with Gasteiger partial charge in [0.25, 0.3) is 0 Å². The number of aryl methyl sites for hydroxylation is 1. The van der Waals surface area contributed by atoms with Gasteiger partial charge < -0.3 is 10.5 Å². The SMILES string of the molecule is Cc1cnc(N)c(OCc2ccc(C(C)(C)C)cc2)c1. The number of aromatic nitrogens is 1. The third kappa shape index (κ3) is 3.50. The van der Waals surface area contributed by atoms with Gasteiger partial charge in [0.2, 0.25) is 0 Å². The van der Waals surface area contributed by atoms with Crippen molar-refractivity contribution in [3.8, 4) is 5.75 Å². The molecule has 0 aliphatic carbocycles. The molecule has 0 atom stereocenters. The third-order valence-corrected chi connectivity index (χ3v) is 3.23. The van der Waals surface area contributed by atoms with Crippen molar-refractivity contribution in [3.63, 3.8) is 0 Å². The number of benzene rings is 1. The normalized spacial score (nSPS) is 11.4. The molecule has 0 saturated carbocycles. The van der Waals surface area contributed by atoms with Crippen LogP contribution in [0, 0.1) is 6.92 Å². The van der Waals surface area contributed by atoms with Crippen LogP contribution < -0.4 is 10.5 Å². The van der Waals surface area contributed by atoms with E-state index in [0.717, 1.165) is 11.1 Å². The highest BCUT2D eigenvalue weighted by Gasteiger charge is 2.12. The minimum Gasteiger partial charge on any atom is -0.485 e. The number of rotatable bonds is 3. The lowest BCUT2D eigenvalue weighted by atomic mass is 9.87. The molecule has 0 bridgehead atoms. The molecule has 0 saturated heterocycles. The van der Waals surface area contributed by atoms with Gasteiger partial charge in [0.15, 0.2) is 11.6 Å². The van der Waals surface area contributed by atoms with Crippen LogP contribution in [0.15, 0.2) is 36.5 Å². The summed E-state index contributed by atoms with van der Waals surface area (Å²) < 4.78 is 5.74. The molecule has 1 aromatic heterocycles. The summed E-state index contributed by atoms with van der Waals surface area (Å²) in [5.41, 5.74) is 9.45. The van der Waals surface area contributed by atoms with Crippen LogP contribution in [0.3, 0.4) is 0 Å². The first kappa shape index (κ1) is 14.4. The molecule has 1 heterocycles. The van der Waals surface area contributed by atoms with Crippen molar-refractivity contribution in [2.24, 2.45) is 0 Å². The summed E-state index contributed by atoms with van der Waals surface area (Å²) in [5, 5.41) is 0. The minimum atomic E-state index is 0.171. The lowest BCUT2D eigenvalue weighted by Crippen LogP contribution is -2.10. The Labute approximate surface area is 120 Å². The van der Waals surface area contributed by atoms with Crippen LogP contribution >= 0.6 is 0 Å². The van der Waals surface area contributed by atoms with Gasteiger partial charge in [-0.25, -0.2) is 4.98 Å². The van der Waals surface area contributed by atoms with E-state index < -0.39 is 0 Å². The van der Waals surface area contributed by atoms with E-state index >= 15 is 0 Å². The van der Waals surface area contributed by atoms with E-state index in [-0.39, 0.29) is 5.41 Å². The Balaban J connectivity index is 2.06. The van der Waals surface area contributed by atoms with E-state index in [1.165, 1.54) is 5.56 Å². The largest absolute Gasteiger partial charge is 0.485 e. The number of hydrogen-bond donors (Lipinski definition) is 1. The van der Waals surface area contributed by atoms with Crippen molar-refractivity contribution in [1.29, 1.82) is 0 Å². The molecule has 2 rings (SSSR count). The topological polar surface area (TPSA) is 48.1 Å². The van der Waals surface area contributed by atoms with E-state index in [1.54, 1.807) is 6.20 Å². The van der Waals surface area contributed by atoms with Gasteiger partial charge >= 0.3 is 0 Å². The third-order valence-electron chi connectivity index (χ3n) is 3.23. The number of anilines is 1. The molecule has 3 heteroatoms. The zero-order valence-electron chi connectivity index (χ0n) is 12.6. The maximum Gasteiger partial charge on any atom is 0.166 e. The average Bonchev–Trinajstić information content (AvgIpc) is 2.39. The molecule has 20 heavy (non-hydrogen) atoms. The summed E-state index contributed by atoms with van der Waals surface area (Å²) in [6.45, 7) is 9.09. The van der Waals surface area contributed by atoms with Crippen molar-refractivity contribution in [2.75, 3.05) is 5.73 Å². The van der Waals surface area contributed by atoms with Crippen LogP contribution in [0.5, 0.6) is 5.75 Å². The maximum atomic E-state index is 5.80. The number of ether oxygens (including phenoxy) is 1. The summed E-state index contributed by atoms with van der Waals surface area (Å²) >= 11 is 0. The average molecular weight is 270 g/mol. The molecule has 3 nitrogen and oxygen atoms in total. The second kappa shape index (κ2) is 5.53. The van der Waals surface area contributed by atoms with Gasteiger partial charge in [-0.1, -0.05) is 45.0 Å². The molecule has 0 radical (unpaired) electrons. The standard InChI is InChI=1S/C17H22N2O/c1-12-9-15(16(18)19-10-12)20-11-13-5-7-14(8-6-13)17(2,3)4/h5-10H,11H2,1-4H3,(H2,18,19). The van der Waals surface area contributed by atoms with E-state index in [2.05, 4.69) is 50.0 Å². The van der Waals surface area contributed by atoms with E-state index in [9.17, 15) is 0 Å². The molecule has 2 N–H and O–H groups in total. The van der Waals surface area contributed by atoms with E-state index in [4.69, 9.17) is 10.5 Å². The van der Waals surface area contributed by atoms with Crippen molar-refractivity contribution in [2.45, 2.75) is 39.7 Å². The predicted molar refractivity (Wildman–Crippen MR) is 82.9 cm³/mol. The maximum absolute atomic E-state index is 5.80. The van der Waals surface area contributed by atoms with Gasteiger partial charge in [0, 0.05) is 6.20 Å². The van der Waals surface area contributed by atoms with Crippen LogP contribution in [0.1, 0.15) is 37.5 Å². The molecule has 0 spiro atoms. The van der Waals surface area contributed by atoms with Gasteiger partial charge in [0.1, 0.15) is 6.61 Å². The fraction of sp³-hybridized carbons (Fsp3) is 0.353.